The van der Waals surface area contributed by atoms with Crippen LogP contribution in [0, 0.1) is 11.8 Å². The van der Waals surface area contributed by atoms with E-state index in [2.05, 4.69) is 0 Å². The number of aliphatic hydroxyl groups excluding tert-OH is 2. The number of Topliss-reactive ketones (excluding diaryl/α,β-unsaturated/α-hetero) is 3. The van der Waals surface area contributed by atoms with E-state index >= 15 is 0 Å². The van der Waals surface area contributed by atoms with E-state index in [-0.39, 0.29) is 35.6 Å². The molecule has 7 heteroatoms. The molecule has 0 heterocycles. The monoisotopic (exact) mass is 412 g/mol. The molecule has 0 radical (unpaired) electrons. The fourth-order valence-electron chi connectivity index (χ4n) is 5.18. The van der Waals surface area contributed by atoms with Crippen LogP contribution in [0.4, 0.5) is 0 Å². The third-order valence-electron chi connectivity index (χ3n) is 6.69. The van der Waals surface area contributed by atoms with Gasteiger partial charge in [0.15, 0.2) is 17.2 Å². The summed E-state index contributed by atoms with van der Waals surface area (Å²) in [6.45, 7) is 4.85. The minimum Gasteiger partial charge on any atom is -0.511 e. The van der Waals surface area contributed by atoms with Gasteiger partial charge in [-0.15, -0.1) is 0 Å². The number of aliphatic hydroxyl groups is 3. The number of benzene rings is 1. The summed E-state index contributed by atoms with van der Waals surface area (Å²) in [6.07, 6.45) is 0.371. The molecule has 3 atom stereocenters. The van der Waals surface area contributed by atoms with Crippen molar-refractivity contribution in [2.75, 3.05) is 0 Å². The number of ketones is 3. The Morgan fingerprint density at radius 2 is 1.80 bits per heavy atom. The largest absolute Gasteiger partial charge is 0.511 e. The Bertz CT molecular complexity index is 1080. The van der Waals surface area contributed by atoms with Gasteiger partial charge in [-0.3, -0.25) is 14.4 Å². The van der Waals surface area contributed by atoms with Crippen LogP contribution >= 0.6 is 0 Å². The van der Waals surface area contributed by atoms with Gasteiger partial charge >= 0.3 is 0 Å². The lowest BCUT2D eigenvalue weighted by atomic mass is 9.60. The van der Waals surface area contributed by atoms with Crippen LogP contribution in [0.5, 0.6) is 5.75 Å². The van der Waals surface area contributed by atoms with Gasteiger partial charge in [0, 0.05) is 17.9 Å². The number of rotatable bonds is 2. The third kappa shape index (κ3) is 2.51. The summed E-state index contributed by atoms with van der Waals surface area (Å²) in [4.78, 5) is 38.1. The molecule has 0 spiro atoms. The Morgan fingerprint density at radius 1 is 1.13 bits per heavy atom. The number of hydrogen-bond acceptors (Lipinski definition) is 7. The van der Waals surface area contributed by atoms with Crippen molar-refractivity contribution < 1.29 is 34.8 Å². The van der Waals surface area contributed by atoms with Crippen molar-refractivity contribution in [3.63, 3.8) is 0 Å². The normalized spacial score (nSPS) is 28.4. The van der Waals surface area contributed by atoms with Crippen LogP contribution in [0.3, 0.4) is 0 Å². The van der Waals surface area contributed by atoms with Crippen molar-refractivity contribution in [1.29, 1.82) is 0 Å². The van der Waals surface area contributed by atoms with E-state index in [0.717, 1.165) is 6.92 Å². The number of phenolic OH excluding ortho intramolecular Hbond substituents is 1. The summed E-state index contributed by atoms with van der Waals surface area (Å²) < 4.78 is 0. The number of fused-ring (bicyclic) bond motifs is 3. The van der Waals surface area contributed by atoms with Gasteiger partial charge < -0.3 is 20.4 Å². The lowest BCUT2D eigenvalue weighted by Crippen LogP contribution is -2.56. The molecule has 4 N–H and O–H groups in total. The van der Waals surface area contributed by atoms with Gasteiger partial charge in [0.05, 0.1) is 5.56 Å². The smallest absolute Gasteiger partial charge is 0.209 e. The molecule has 30 heavy (non-hydrogen) atoms. The van der Waals surface area contributed by atoms with E-state index in [1.807, 2.05) is 13.8 Å². The molecule has 0 fully saturated rings. The first-order chi connectivity index (χ1) is 14.0. The standard InChI is InChI=1S/C23H24O7/c1-9(2)14-5-4-11-6-12-7-13-8-15(25)16(10(3)24)21(28)23(13,30)22(29)18(12)20(27)17(11)19(14)26/h4-5,9,12-13,25-26,29-30H,6-8H2,1-3H3/t12-,13-,23+/m1/s1. The summed E-state index contributed by atoms with van der Waals surface area (Å²) in [5, 5.41) is 43.1. The van der Waals surface area contributed by atoms with Gasteiger partial charge in [0.2, 0.25) is 5.78 Å². The van der Waals surface area contributed by atoms with Crippen LogP contribution < -0.4 is 0 Å². The summed E-state index contributed by atoms with van der Waals surface area (Å²) in [6, 6.07) is 3.56. The molecule has 0 saturated heterocycles. The number of hydrogen-bond donors (Lipinski definition) is 4. The Morgan fingerprint density at radius 3 is 2.40 bits per heavy atom. The molecule has 0 aromatic heterocycles. The molecule has 1 aromatic carbocycles. The van der Waals surface area contributed by atoms with Crippen LogP contribution in [-0.2, 0) is 16.0 Å². The van der Waals surface area contributed by atoms with Crippen LogP contribution in [0.15, 0.2) is 34.8 Å². The van der Waals surface area contributed by atoms with Crippen LogP contribution in [0.1, 0.15) is 61.0 Å². The Labute approximate surface area is 173 Å². The quantitative estimate of drug-likeness (QED) is 0.549. The second-order valence-corrected chi connectivity index (χ2v) is 8.79. The fourth-order valence-corrected chi connectivity index (χ4v) is 5.18. The molecule has 0 saturated carbocycles. The molecular formula is C23H24O7. The highest BCUT2D eigenvalue weighted by atomic mass is 16.3. The highest BCUT2D eigenvalue weighted by Gasteiger charge is 2.59. The predicted octanol–water partition coefficient (Wildman–Crippen LogP) is 2.81. The summed E-state index contributed by atoms with van der Waals surface area (Å²) in [5.74, 6) is -5.13. The van der Waals surface area contributed by atoms with Crippen LogP contribution in [0.2, 0.25) is 0 Å². The fraction of sp³-hybridized carbons (Fsp3) is 0.435. The molecule has 0 aliphatic heterocycles. The average molecular weight is 412 g/mol. The Balaban J connectivity index is 1.90. The van der Waals surface area contributed by atoms with Crippen molar-refractivity contribution in [3.05, 3.63) is 51.5 Å². The molecule has 3 aliphatic rings. The van der Waals surface area contributed by atoms with Crippen molar-refractivity contribution in [2.45, 2.75) is 51.6 Å². The molecule has 0 amide bonds. The minimum atomic E-state index is -2.45. The zero-order chi connectivity index (χ0) is 22.1. The molecular weight excluding hydrogens is 388 g/mol. The second-order valence-electron chi connectivity index (χ2n) is 8.79. The highest BCUT2D eigenvalue weighted by molar-refractivity contribution is 6.25. The molecule has 0 unspecified atom stereocenters. The van der Waals surface area contributed by atoms with Crippen molar-refractivity contribution >= 4 is 17.3 Å². The lowest BCUT2D eigenvalue weighted by Gasteiger charge is -2.45. The molecule has 7 nitrogen and oxygen atoms in total. The predicted molar refractivity (Wildman–Crippen MR) is 106 cm³/mol. The van der Waals surface area contributed by atoms with Gasteiger partial charge in [0.1, 0.15) is 22.8 Å². The number of phenols is 1. The van der Waals surface area contributed by atoms with Crippen molar-refractivity contribution in [3.8, 4) is 5.75 Å². The van der Waals surface area contributed by atoms with Gasteiger partial charge in [-0.25, -0.2) is 0 Å². The van der Waals surface area contributed by atoms with E-state index < -0.39 is 51.9 Å². The summed E-state index contributed by atoms with van der Waals surface area (Å²) >= 11 is 0. The lowest BCUT2D eigenvalue weighted by molar-refractivity contribution is -0.144. The summed E-state index contributed by atoms with van der Waals surface area (Å²) in [7, 11) is 0. The first-order valence-electron chi connectivity index (χ1n) is 10.0. The van der Waals surface area contributed by atoms with Crippen molar-refractivity contribution in [1.82, 2.24) is 0 Å². The number of aromatic hydroxyl groups is 1. The minimum absolute atomic E-state index is 0.0329. The van der Waals surface area contributed by atoms with Gasteiger partial charge in [-0.1, -0.05) is 26.0 Å². The third-order valence-corrected chi connectivity index (χ3v) is 6.69. The van der Waals surface area contributed by atoms with Gasteiger partial charge in [-0.2, -0.15) is 0 Å². The van der Waals surface area contributed by atoms with Gasteiger partial charge in [0.25, 0.3) is 0 Å². The Kier molecular flexibility index (Phi) is 4.43. The van der Waals surface area contributed by atoms with Crippen LogP contribution in [-0.4, -0.2) is 43.4 Å². The zero-order valence-electron chi connectivity index (χ0n) is 17.0. The van der Waals surface area contributed by atoms with E-state index in [1.165, 1.54) is 0 Å². The molecule has 3 aliphatic carbocycles. The summed E-state index contributed by atoms with van der Waals surface area (Å²) in [5.41, 5.74) is -1.79. The van der Waals surface area contributed by atoms with Crippen molar-refractivity contribution in [2.24, 2.45) is 11.8 Å². The maximum absolute atomic E-state index is 13.3. The highest BCUT2D eigenvalue weighted by Crippen LogP contribution is 2.51. The van der Waals surface area contributed by atoms with Gasteiger partial charge in [-0.05, 0) is 42.7 Å². The maximum Gasteiger partial charge on any atom is 0.209 e. The van der Waals surface area contributed by atoms with E-state index in [4.69, 9.17) is 0 Å². The van der Waals surface area contributed by atoms with E-state index in [0.29, 0.717) is 17.5 Å². The molecule has 158 valence electrons. The Hall–Kier alpha value is -2.93. The number of allylic oxidation sites excluding steroid dienone is 2. The number of carbonyl (C=O) groups excluding carboxylic acids is 3. The molecule has 1 aromatic rings. The molecule has 4 rings (SSSR count). The first kappa shape index (κ1) is 20.3. The zero-order valence-corrected chi connectivity index (χ0v) is 17.0. The SMILES string of the molecule is CC(=O)C1=C(O)C[C@H]2C[C@H]3Cc4ccc(C(C)C)c(O)c4C(=O)C3=C(O)[C@@]2(O)C1=O. The first-order valence-corrected chi connectivity index (χ1v) is 10.0. The van der Waals surface area contributed by atoms with E-state index in [9.17, 15) is 34.8 Å². The maximum atomic E-state index is 13.3. The average Bonchev–Trinajstić information content (AvgIpc) is 2.64. The second kappa shape index (κ2) is 6.54. The topological polar surface area (TPSA) is 132 Å². The van der Waals surface area contributed by atoms with Crippen LogP contribution in [0.25, 0.3) is 0 Å². The number of carbonyl (C=O) groups is 3. The molecule has 0 bridgehead atoms. The van der Waals surface area contributed by atoms with E-state index in [1.54, 1.807) is 12.1 Å².